The number of benzene rings is 1. The first-order chi connectivity index (χ1) is 8.75. The lowest BCUT2D eigenvalue weighted by Gasteiger charge is -2.06. The summed E-state index contributed by atoms with van der Waals surface area (Å²) in [6.45, 7) is 0. The molecule has 0 bridgehead atoms. The molecule has 2 aromatic heterocycles. The molecule has 0 saturated heterocycles. The van der Waals surface area contributed by atoms with Crippen molar-refractivity contribution in [1.82, 2.24) is 9.97 Å². The number of halogens is 2. The molecule has 0 spiro atoms. The van der Waals surface area contributed by atoms with E-state index in [1.807, 2.05) is 0 Å². The molecule has 18 heavy (non-hydrogen) atoms. The lowest BCUT2D eigenvalue weighted by atomic mass is 10.1. The molecule has 0 fully saturated rings. The van der Waals surface area contributed by atoms with E-state index >= 15 is 0 Å². The summed E-state index contributed by atoms with van der Waals surface area (Å²) in [6, 6.07) is 9.97. The first-order valence-electron chi connectivity index (χ1n) is 5.41. The van der Waals surface area contributed by atoms with Crippen LogP contribution in [-0.2, 0) is 0 Å². The van der Waals surface area contributed by atoms with Crippen molar-refractivity contribution in [2.45, 2.75) is 0 Å². The highest BCUT2D eigenvalue weighted by atomic mass is 35.5. The average molecular weight is 259 g/mol. The zero-order valence-corrected chi connectivity index (χ0v) is 10.0. The van der Waals surface area contributed by atoms with E-state index in [0.717, 1.165) is 10.9 Å². The monoisotopic (exact) mass is 258 g/mol. The lowest BCUT2D eigenvalue weighted by Crippen LogP contribution is -1.90. The van der Waals surface area contributed by atoms with Gasteiger partial charge in [-0.1, -0.05) is 23.7 Å². The van der Waals surface area contributed by atoms with Crippen LogP contribution >= 0.6 is 11.6 Å². The third-order valence-corrected chi connectivity index (χ3v) is 2.99. The molecule has 0 saturated carbocycles. The Morgan fingerprint density at radius 2 is 1.94 bits per heavy atom. The average Bonchev–Trinajstić information content (AvgIpc) is 2.39. The van der Waals surface area contributed by atoms with Gasteiger partial charge in [0, 0.05) is 23.3 Å². The van der Waals surface area contributed by atoms with E-state index in [4.69, 9.17) is 11.6 Å². The molecule has 2 nitrogen and oxygen atoms in total. The van der Waals surface area contributed by atoms with Crippen LogP contribution in [0.25, 0.3) is 22.2 Å². The SMILES string of the molecule is Fc1ccccc1-c1nc2ccncc2cc1Cl. The van der Waals surface area contributed by atoms with Gasteiger partial charge in [-0.3, -0.25) is 4.98 Å². The van der Waals surface area contributed by atoms with Crippen LogP contribution in [0.3, 0.4) is 0 Å². The van der Waals surface area contributed by atoms with Crippen molar-refractivity contribution < 1.29 is 4.39 Å². The number of hydrogen-bond donors (Lipinski definition) is 0. The van der Waals surface area contributed by atoms with Crippen LogP contribution in [-0.4, -0.2) is 9.97 Å². The molecular formula is C14H8ClFN2. The highest BCUT2D eigenvalue weighted by molar-refractivity contribution is 6.33. The molecule has 1 aromatic carbocycles. The van der Waals surface area contributed by atoms with Crippen molar-refractivity contribution in [2.75, 3.05) is 0 Å². The second kappa shape index (κ2) is 4.35. The van der Waals surface area contributed by atoms with Crippen molar-refractivity contribution in [3.8, 4) is 11.3 Å². The summed E-state index contributed by atoms with van der Waals surface area (Å²) in [4.78, 5) is 8.40. The van der Waals surface area contributed by atoms with Crippen LogP contribution in [0.5, 0.6) is 0 Å². The van der Waals surface area contributed by atoms with Crippen LogP contribution in [0.2, 0.25) is 5.02 Å². The predicted molar refractivity (Wildman–Crippen MR) is 69.9 cm³/mol. The minimum absolute atomic E-state index is 0.333. The number of pyridine rings is 2. The minimum Gasteiger partial charge on any atom is -0.264 e. The van der Waals surface area contributed by atoms with Gasteiger partial charge < -0.3 is 0 Å². The molecule has 0 unspecified atom stereocenters. The number of rotatable bonds is 1. The third-order valence-electron chi connectivity index (χ3n) is 2.70. The largest absolute Gasteiger partial charge is 0.264 e. The van der Waals surface area contributed by atoms with Gasteiger partial charge >= 0.3 is 0 Å². The molecule has 0 aliphatic carbocycles. The first-order valence-corrected chi connectivity index (χ1v) is 5.78. The molecule has 0 amide bonds. The Bertz CT molecular complexity index is 728. The molecule has 0 radical (unpaired) electrons. The number of nitrogens with zero attached hydrogens (tertiary/aromatic N) is 2. The maximum Gasteiger partial charge on any atom is 0.132 e. The highest BCUT2D eigenvalue weighted by Gasteiger charge is 2.11. The van der Waals surface area contributed by atoms with Gasteiger partial charge in [0.1, 0.15) is 5.82 Å². The van der Waals surface area contributed by atoms with Gasteiger partial charge in [0.15, 0.2) is 0 Å². The van der Waals surface area contributed by atoms with Crippen LogP contribution < -0.4 is 0 Å². The van der Waals surface area contributed by atoms with Crippen LogP contribution in [0.4, 0.5) is 4.39 Å². The molecular weight excluding hydrogens is 251 g/mol. The van der Waals surface area contributed by atoms with E-state index in [-0.39, 0.29) is 5.82 Å². The van der Waals surface area contributed by atoms with Gasteiger partial charge in [-0.25, -0.2) is 9.37 Å². The van der Waals surface area contributed by atoms with Crippen LogP contribution in [0.1, 0.15) is 0 Å². The number of hydrogen-bond acceptors (Lipinski definition) is 2. The summed E-state index contributed by atoms with van der Waals surface area (Å²) >= 11 is 6.15. The Kier molecular flexibility index (Phi) is 2.68. The molecule has 0 aliphatic heterocycles. The topological polar surface area (TPSA) is 25.8 Å². The van der Waals surface area contributed by atoms with Crippen molar-refractivity contribution in [1.29, 1.82) is 0 Å². The summed E-state index contributed by atoms with van der Waals surface area (Å²) in [6.07, 6.45) is 3.33. The van der Waals surface area contributed by atoms with E-state index in [2.05, 4.69) is 9.97 Å². The fourth-order valence-electron chi connectivity index (χ4n) is 1.83. The van der Waals surface area contributed by atoms with Crippen LogP contribution in [0.15, 0.2) is 48.8 Å². The zero-order chi connectivity index (χ0) is 12.5. The Labute approximate surface area is 108 Å². The van der Waals surface area contributed by atoms with Crippen molar-refractivity contribution in [3.05, 3.63) is 59.6 Å². The van der Waals surface area contributed by atoms with Gasteiger partial charge in [0.2, 0.25) is 0 Å². The van der Waals surface area contributed by atoms with E-state index < -0.39 is 0 Å². The zero-order valence-electron chi connectivity index (χ0n) is 9.27. The smallest absolute Gasteiger partial charge is 0.132 e. The molecule has 2 heterocycles. The summed E-state index contributed by atoms with van der Waals surface area (Å²) in [7, 11) is 0. The molecule has 88 valence electrons. The maximum absolute atomic E-state index is 13.7. The van der Waals surface area contributed by atoms with Crippen LogP contribution in [0, 0.1) is 5.82 Å². The van der Waals surface area contributed by atoms with E-state index in [9.17, 15) is 4.39 Å². The Morgan fingerprint density at radius 3 is 2.78 bits per heavy atom. The molecule has 0 atom stereocenters. The van der Waals surface area contributed by atoms with Gasteiger partial charge in [0.25, 0.3) is 0 Å². The van der Waals surface area contributed by atoms with Gasteiger partial charge in [-0.05, 0) is 24.3 Å². The molecule has 0 aliphatic rings. The maximum atomic E-state index is 13.7. The van der Waals surface area contributed by atoms with Gasteiger partial charge in [0.05, 0.1) is 16.2 Å². The molecule has 3 rings (SSSR count). The predicted octanol–water partition coefficient (Wildman–Crippen LogP) is 4.09. The molecule has 3 aromatic rings. The van der Waals surface area contributed by atoms with Gasteiger partial charge in [-0.2, -0.15) is 0 Å². The highest BCUT2D eigenvalue weighted by Crippen LogP contribution is 2.30. The second-order valence-corrected chi connectivity index (χ2v) is 4.27. The van der Waals surface area contributed by atoms with E-state index in [1.54, 1.807) is 42.7 Å². The summed E-state index contributed by atoms with van der Waals surface area (Å²) in [5.41, 5.74) is 1.60. The van der Waals surface area contributed by atoms with Crippen molar-refractivity contribution in [2.24, 2.45) is 0 Å². The standard InChI is InChI=1S/C14H8ClFN2/c15-11-7-9-8-17-6-5-13(9)18-14(11)10-3-1-2-4-12(10)16/h1-8H. The van der Waals surface area contributed by atoms with Crippen molar-refractivity contribution >= 4 is 22.5 Å². The summed E-state index contributed by atoms with van der Waals surface area (Å²) < 4.78 is 13.7. The van der Waals surface area contributed by atoms with E-state index in [1.165, 1.54) is 6.07 Å². The molecule has 0 N–H and O–H groups in total. The first kappa shape index (κ1) is 11.1. The summed E-state index contributed by atoms with van der Waals surface area (Å²) in [5.74, 6) is -0.333. The Morgan fingerprint density at radius 1 is 1.11 bits per heavy atom. The Balaban J connectivity index is 2.30. The lowest BCUT2D eigenvalue weighted by molar-refractivity contribution is 0.631. The second-order valence-electron chi connectivity index (χ2n) is 3.87. The fourth-order valence-corrected chi connectivity index (χ4v) is 2.09. The third kappa shape index (κ3) is 1.83. The molecule has 4 heteroatoms. The normalized spacial score (nSPS) is 10.8. The van der Waals surface area contributed by atoms with E-state index in [0.29, 0.717) is 16.3 Å². The quantitative estimate of drug-likeness (QED) is 0.657. The minimum atomic E-state index is -0.333. The Hall–Kier alpha value is -2.00. The summed E-state index contributed by atoms with van der Waals surface area (Å²) in [5, 5.41) is 1.25. The van der Waals surface area contributed by atoms with Crippen molar-refractivity contribution in [3.63, 3.8) is 0 Å². The fraction of sp³-hybridized carbons (Fsp3) is 0. The number of fused-ring (bicyclic) bond motifs is 1. The number of aromatic nitrogens is 2. The van der Waals surface area contributed by atoms with Gasteiger partial charge in [-0.15, -0.1) is 0 Å².